The number of anilines is 2. The number of alkyl halides is 2. The van der Waals surface area contributed by atoms with E-state index in [-0.39, 0.29) is 28.6 Å². The van der Waals surface area contributed by atoms with Gasteiger partial charge in [-0.2, -0.15) is 9.67 Å². The summed E-state index contributed by atoms with van der Waals surface area (Å²) in [7, 11) is 0. The summed E-state index contributed by atoms with van der Waals surface area (Å²) in [6.45, 7) is -5.99. The minimum atomic E-state index is -4.50. The van der Waals surface area contributed by atoms with Gasteiger partial charge in [0, 0.05) is 6.20 Å². The second-order valence-corrected chi connectivity index (χ2v) is 12.3. The van der Waals surface area contributed by atoms with E-state index in [2.05, 4.69) is 42.5 Å². The van der Waals surface area contributed by atoms with Crippen LogP contribution in [0.3, 0.4) is 0 Å². The number of nitrogen functional groups attached to an aromatic ring is 2. The van der Waals surface area contributed by atoms with Crippen molar-refractivity contribution in [2.45, 2.75) is 49.2 Å². The van der Waals surface area contributed by atoms with Gasteiger partial charge in [-0.05, 0) is 6.07 Å². The number of aromatic nitrogens is 8. The third kappa shape index (κ3) is 4.90. The molecule has 0 amide bonds. The molecule has 42 heavy (non-hydrogen) atoms. The number of nitrogens with two attached hydrogens (primary N) is 2. The van der Waals surface area contributed by atoms with Crippen LogP contribution in [0.4, 0.5) is 20.5 Å². The summed E-state index contributed by atoms with van der Waals surface area (Å²) in [6, 6.07) is 1.55. The molecule has 2 saturated heterocycles. The van der Waals surface area contributed by atoms with Crippen molar-refractivity contribution in [3.63, 3.8) is 0 Å². The molecule has 6 rings (SSSR count). The van der Waals surface area contributed by atoms with Crippen molar-refractivity contribution >= 4 is 53.0 Å². The molecule has 22 heteroatoms. The maximum absolute atomic E-state index is 15.3. The lowest BCUT2D eigenvalue weighted by molar-refractivity contribution is -0.0576. The van der Waals surface area contributed by atoms with Crippen LogP contribution in [-0.4, -0.2) is 99.7 Å². The van der Waals surface area contributed by atoms with Gasteiger partial charge < -0.3 is 35.7 Å². The van der Waals surface area contributed by atoms with Gasteiger partial charge in [0.1, 0.15) is 42.2 Å². The monoisotopic (exact) mass is 632 g/mol. The molecular formula is C20H23F2N10O8PS. The molecule has 6 heterocycles. The molecule has 0 aliphatic carbocycles. The summed E-state index contributed by atoms with van der Waals surface area (Å²) in [5, 5.41) is 27.9. The summed E-state index contributed by atoms with van der Waals surface area (Å²) in [5.41, 5.74) is 10.5. The Balaban J connectivity index is 1.19. The molecule has 1 unspecified atom stereocenters. The third-order valence-electron chi connectivity index (χ3n) is 6.80. The van der Waals surface area contributed by atoms with Crippen molar-refractivity contribution in [2.75, 3.05) is 24.7 Å². The fourth-order valence-electron chi connectivity index (χ4n) is 4.79. The second kappa shape index (κ2) is 10.8. The lowest BCUT2D eigenvalue weighted by Gasteiger charge is -2.24. The standard InChI is InChI=1S/C20H23F2N10O8PS/c21-9-7(3-33)38-19(32-16-11(29-30-32)17(35)28-20(24)27-16)13(9)40-41(36,42)37-4-8-12(34)10(22)18(39-8)31-2-1-6-14(23)25-5-26-15(6)31/h1-2,5,7-10,12-13,18-19,33-34H,3-4H2,(H,36,42)(H2,23,25,26)(H3,24,27,28,35)/t7-,8-,9+,10+,12-,13-,18-,19-,41?/m1/s1. The number of nitrogens with one attached hydrogen (secondary N) is 1. The molecule has 0 aromatic carbocycles. The first-order valence-electron chi connectivity index (χ1n) is 12.2. The van der Waals surface area contributed by atoms with Gasteiger partial charge in [-0.3, -0.25) is 18.8 Å². The highest BCUT2D eigenvalue weighted by Gasteiger charge is 2.51. The van der Waals surface area contributed by atoms with Crippen LogP contribution in [-0.2, 0) is 23.1 Å². The maximum atomic E-state index is 15.3. The van der Waals surface area contributed by atoms with E-state index in [1.165, 1.54) is 17.1 Å². The van der Waals surface area contributed by atoms with E-state index in [9.17, 15) is 19.6 Å². The lowest BCUT2D eigenvalue weighted by Crippen LogP contribution is -2.33. The normalized spacial score (nSPS) is 31.3. The first-order chi connectivity index (χ1) is 20.0. The van der Waals surface area contributed by atoms with Crippen molar-refractivity contribution < 1.29 is 42.1 Å². The van der Waals surface area contributed by atoms with Gasteiger partial charge in [0.15, 0.2) is 36.0 Å². The van der Waals surface area contributed by atoms with Gasteiger partial charge in [-0.1, -0.05) is 17.5 Å². The van der Waals surface area contributed by atoms with Gasteiger partial charge in [0.25, 0.3) is 5.56 Å². The molecule has 2 fully saturated rings. The van der Waals surface area contributed by atoms with Crippen LogP contribution in [0.1, 0.15) is 12.5 Å². The molecular weight excluding hydrogens is 609 g/mol. The number of thiol groups is 1. The first kappa shape index (κ1) is 28.8. The molecule has 2 aliphatic rings. The van der Waals surface area contributed by atoms with E-state index < -0.39 is 74.8 Å². The summed E-state index contributed by atoms with van der Waals surface area (Å²) in [6.07, 6.45) is -10.6. The summed E-state index contributed by atoms with van der Waals surface area (Å²) in [4.78, 5) is 26.2. The van der Waals surface area contributed by atoms with Crippen LogP contribution in [0.5, 0.6) is 0 Å². The van der Waals surface area contributed by atoms with Gasteiger partial charge in [-0.25, -0.2) is 23.3 Å². The number of halogens is 2. The van der Waals surface area contributed by atoms with Crippen LogP contribution in [0.25, 0.3) is 22.2 Å². The molecule has 0 bridgehead atoms. The average Bonchev–Trinajstić information content (AvgIpc) is 3.69. The average molecular weight is 633 g/mol. The Morgan fingerprint density at radius 3 is 2.69 bits per heavy atom. The van der Waals surface area contributed by atoms with Crippen molar-refractivity contribution in [3.8, 4) is 0 Å². The number of rotatable bonds is 8. The number of H-pyrrole nitrogens is 1. The number of nitrogens with zero attached hydrogens (tertiary/aromatic N) is 7. The van der Waals surface area contributed by atoms with Crippen LogP contribution in [0, 0.1) is 0 Å². The molecule has 4 aromatic heterocycles. The van der Waals surface area contributed by atoms with E-state index in [0.29, 0.717) is 5.39 Å². The molecule has 226 valence electrons. The van der Waals surface area contributed by atoms with Crippen molar-refractivity contribution in [1.82, 2.24) is 39.5 Å². The van der Waals surface area contributed by atoms with Crippen LogP contribution >= 0.6 is 19.0 Å². The van der Waals surface area contributed by atoms with Gasteiger partial charge >= 0.3 is 6.80 Å². The minimum absolute atomic E-state index is 0.162. The van der Waals surface area contributed by atoms with E-state index >= 15 is 8.78 Å². The number of fused-ring (bicyclic) bond motifs is 2. The van der Waals surface area contributed by atoms with Crippen molar-refractivity contribution in [3.05, 3.63) is 28.9 Å². The lowest BCUT2D eigenvalue weighted by atomic mass is 10.1. The predicted molar refractivity (Wildman–Crippen MR) is 140 cm³/mol. The highest BCUT2D eigenvalue weighted by atomic mass is 32.7. The highest BCUT2D eigenvalue weighted by molar-refractivity contribution is 8.44. The second-order valence-electron chi connectivity index (χ2n) is 9.40. The first-order valence-corrected chi connectivity index (χ1v) is 14.9. The summed E-state index contributed by atoms with van der Waals surface area (Å²) >= 11 is 3.90. The zero-order valence-corrected chi connectivity index (χ0v) is 22.8. The van der Waals surface area contributed by atoms with Crippen LogP contribution < -0.4 is 17.0 Å². The Hall–Kier alpha value is -3.30. The summed E-state index contributed by atoms with van der Waals surface area (Å²) in [5.74, 6) is -0.136. The molecule has 9 atom stereocenters. The minimum Gasteiger partial charge on any atom is -0.394 e. The highest BCUT2D eigenvalue weighted by Crippen LogP contribution is 2.57. The molecule has 0 saturated carbocycles. The number of aromatic amines is 1. The van der Waals surface area contributed by atoms with Gasteiger partial charge in [0.05, 0.1) is 18.6 Å². The van der Waals surface area contributed by atoms with Crippen molar-refractivity contribution in [1.29, 1.82) is 0 Å². The SMILES string of the molecule is Nc1nc2c(nnn2[C@@H]2O[C@H](CO)[C@H](F)[C@H]2OP(=O)(S)OC[C@H]2O[C@@H](n3ccc4c(N)ncnc43)[C@@H](F)[C@@H]2O)c(=O)[nH]1. The van der Waals surface area contributed by atoms with Crippen LogP contribution in [0.2, 0.25) is 0 Å². The van der Waals surface area contributed by atoms with E-state index in [1.54, 1.807) is 6.07 Å². The Kier molecular flexibility index (Phi) is 7.38. The van der Waals surface area contributed by atoms with E-state index in [4.69, 9.17) is 30.0 Å². The Bertz CT molecular complexity index is 1740. The molecule has 18 nitrogen and oxygen atoms in total. The van der Waals surface area contributed by atoms with Gasteiger partial charge in [-0.15, -0.1) is 5.10 Å². The maximum Gasteiger partial charge on any atom is 0.386 e. The number of aliphatic hydroxyl groups is 2. The molecule has 0 radical (unpaired) electrons. The van der Waals surface area contributed by atoms with Crippen molar-refractivity contribution in [2.24, 2.45) is 0 Å². The number of hydrogen-bond donors (Lipinski definition) is 6. The topological polar surface area (TPSA) is 254 Å². The molecule has 2 aliphatic heterocycles. The predicted octanol–water partition coefficient (Wildman–Crippen LogP) is -0.612. The Labute approximate surface area is 237 Å². The molecule has 0 spiro atoms. The zero-order chi connectivity index (χ0) is 29.9. The molecule has 4 aromatic rings. The largest absolute Gasteiger partial charge is 0.394 e. The zero-order valence-electron chi connectivity index (χ0n) is 21.0. The summed E-state index contributed by atoms with van der Waals surface area (Å²) < 4.78 is 67.5. The van der Waals surface area contributed by atoms with E-state index in [0.717, 1.165) is 4.68 Å². The fourth-order valence-corrected chi connectivity index (χ4v) is 6.24. The number of aliphatic hydroxyl groups excluding tert-OH is 2. The third-order valence-corrected chi connectivity index (χ3v) is 8.42. The van der Waals surface area contributed by atoms with Crippen LogP contribution in [0.15, 0.2) is 23.4 Å². The van der Waals surface area contributed by atoms with Gasteiger partial charge in [0.2, 0.25) is 5.95 Å². The smallest absolute Gasteiger partial charge is 0.386 e. The van der Waals surface area contributed by atoms with E-state index in [1.807, 2.05) is 0 Å². The Morgan fingerprint density at radius 1 is 1.17 bits per heavy atom. The fraction of sp³-hybridized carbons (Fsp3) is 0.500. The Morgan fingerprint density at radius 2 is 1.93 bits per heavy atom. The number of ether oxygens (including phenoxy) is 2. The quantitative estimate of drug-likeness (QED) is 0.105. The molecule has 7 N–H and O–H groups in total. The number of hydrogen-bond acceptors (Lipinski definition) is 15.